The van der Waals surface area contributed by atoms with Crippen LogP contribution in [0, 0.1) is 20.8 Å². The summed E-state index contributed by atoms with van der Waals surface area (Å²) in [6.45, 7) is 14.0. The highest BCUT2D eigenvalue weighted by molar-refractivity contribution is 7.86. The van der Waals surface area contributed by atoms with Crippen molar-refractivity contribution in [3.63, 3.8) is 0 Å². The minimum atomic E-state index is -4.06. The van der Waals surface area contributed by atoms with E-state index in [4.69, 9.17) is 0 Å². The van der Waals surface area contributed by atoms with E-state index in [0.717, 1.165) is 52.3 Å². The molecule has 12 heteroatoms. The normalized spacial score (nSPS) is 19.4. The first-order chi connectivity index (χ1) is 24.2. The van der Waals surface area contributed by atoms with Crippen LogP contribution in [0.3, 0.4) is 0 Å². The van der Waals surface area contributed by atoms with Crippen molar-refractivity contribution in [1.82, 2.24) is 0 Å². The Morgan fingerprint density at radius 1 is 0.808 bits per heavy atom. The van der Waals surface area contributed by atoms with Crippen LogP contribution in [0.2, 0.25) is 0 Å². The third-order valence-corrected chi connectivity index (χ3v) is 11.9. The molecule has 10 nitrogen and oxygen atoms in total. The van der Waals surface area contributed by atoms with Crippen molar-refractivity contribution in [3.05, 3.63) is 94.2 Å². The molecule has 4 rings (SSSR count). The van der Waals surface area contributed by atoms with E-state index in [1.54, 1.807) is 0 Å². The first kappa shape index (κ1) is 41.2. The first-order valence-corrected chi connectivity index (χ1v) is 21.3. The smallest absolute Gasteiger partial charge is 0.303 e. The summed E-state index contributed by atoms with van der Waals surface area (Å²) < 4.78 is 66.4. The van der Waals surface area contributed by atoms with Gasteiger partial charge in [-0.25, -0.2) is 0 Å². The molecule has 1 unspecified atom stereocenters. The monoisotopic (exact) mass is 755 g/mol. The molecule has 3 N–H and O–H groups in total. The third kappa shape index (κ3) is 10.1. The number of carboxylic acid groups (broad SMARTS) is 1. The molecule has 2 aromatic rings. The van der Waals surface area contributed by atoms with Crippen molar-refractivity contribution in [3.8, 4) is 0 Å². The summed E-state index contributed by atoms with van der Waals surface area (Å²) in [7, 11) is -8.09. The fraction of sp³-hybridized carbons (Fsp3) is 0.500. The number of unbranched alkanes of at least 4 members (excludes halogenated alkanes) is 3. The van der Waals surface area contributed by atoms with Crippen molar-refractivity contribution in [1.29, 1.82) is 0 Å². The Morgan fingerprint density at radius 2 is 1.48 bits per heavy atom. The summed E-state index contributed by atoms with van der Waals surface area (Å²) in [6.07, 6.45) is 14.2. The first-order valence-electron chi connectivity index (χ1n) is 18.1. The predicted octanol–water partition coefficient (Wildman–Crippen LogP) is 7.74. The molecule has 2 heterocycles. The van der Waals surface area contributed by atoms with Crippen LogP contribution in [0.5, 0.6) is 0 Å². The van der Waals surface area contributed by atoms with Crippen molar-refractivity contribution in [2.24, 2.45) is 0 Å². The Morgan fingerprint density at radius 3 is 2.13 bits per heavy atom. The topological polar surface area (TPSA) is 152 Å². The zero-order valence-electron chi connectivity index (χ0n) is 31.4. The molecule has 0 aromatic heterocycles. The average Bonchev–Trinajstić information content (AvgIpc) is 3.37. The number of hydrogen-bond donors (Lipinski definition) is 3. The van der Waals surface area contributed by atoms with E-state index in [2.05, 4.69) is 86.6 Å². The van der Waals surface area contributed by atoms with Gasteiger partial charge < -0.3 is 10.0 Å². The van der Waals surface area contributed by atoms with Crippen LogP contribution in [-0.2, 0) is 35.9 Å². The van der Waals surface area contributed by atoms with Crippen molar-refractivity contribution in [2.75, 3.05) is 29.5 Å². The van der Waals surface area contributed by atoms with E-state index >= 15 is 0 Å². The van der Waals surface area contributed by atoms with Crippen LogP contribution >= 0.6 is 0 Å². The molecule has 0 fully saturated rings. The molecule has 2 aromatic carbocycles. The molecule has 0 spiro atoms. The summed E-state index contributed by atoms with van der Waals surface area (Å²) in [4.78, 5) is 13.5. The fourth-order valence-electron chi connectivity index (χ4n) is 7.82. The van der Waals surface area contributed by atoms with Gasteiger partial charge >= 0.3 is 5.97 Å². The Labute approximate surface area is 310 Å². The van der Waals surface area contributed by atoms with Crippen LogP contribution in [-0.4, -0.2) is 71.9 Å². The number of rotatable bonds is 18. The molecule has 2 aliphatic heterocycles. The molecular formula is C40H55N2O8S2+. The van der Waals surface area contributed by atoms with Crippen LogP contribution in [0.25, 0.3) is 0 Å². The highest BCUT2D eigenvalue weighted by Gasteiger charge is 2.45. The van der Waals surface area contributed by atoms with Gasteiger partial charge in [-0.2, -0.15) is 21.4 Å². The minimum absolute atomic E-state index is 0.107. The van der Waals surface area contributed by atoms with Crippen LogP contribution in [0.15, 0.2) is 66.4 Å². The van der Waals surface area contributed by atoms with Crippen LogP contribution < -0.4 is 4.90 Å². The predicted molar refractivity (Wildman–Crippen MR) is 208 cm³/mol. The molecule has 1 atom stereocenters. The lowest BCUT2D eigenvalue weighted by Gasteiger charge is -2.30. The fourth-order valence-corrected chi connectivity index (χ4v) is 8.95. The van der Waals surface area contributed by atoms with Gasteiger partial charge in [-0.1, -0.05) is 42.3 Å². The number of fused-ring (bicyclic) bond motifs is 2. The highest BCUT2D eigenvalue weighted by Crippen LogP contribution is 2.51. The van der Waals surface area contributed by atoms with E-state index in [9.17, 15) is 35.8 Å². The molecular weight excluding hydrogens is 701 g/mol. The van der Waals surface area contributed by atoms with Gasteiger partial charge in [-0.15, -0.1) is 0 Å². The number of carboxylic acids is 1. The Balaban J connectivity index is 1.69. The quantitative estimate of drug-likeness (QED) is 0.0600. The Bertz CT molecular complexity index is 2010. The number of aryl methyl sites for hydroxylation is 3. The van der Waals surface area contributed by atoms with E-state index in [0.29, 0.717) is 45.2 Å². The lowest BCUT2D eigenvalue weighted by Crippen LogP contribution is -2.29. The van der Waals surface area contributed by atoms with Gasteiger partial charge in [0.05, 0.1) is 16.9 Å². The average molecular weight is 756 g/mol. The maximum Gasteiger partial charge on any atom is 0.303 e. The second-order valence-electron chi connectivity index (χ2n) is 15.0. The minimum Gasteiger partial charge on any atom is -0.481 e. The zero-order chi connectivity index (χ0) is 38.5. The molecule has 0 amide bonds. The summed E-state index contributed by atoms with van der Waals surface area (Å²) in [5.41, 5.74) is 9.40. The third-order valence-electron chi connectivity index (χ3n) is 10.3. The number of aliphatic carboxylic acids is 1. The summed E-state index contributed by atoms with van der Waals surface area (Å²) in [6, 6.07) is 10.7. The Hall–Kier alpha value is -3.58. The number of nitrogens with zero attached hydrogens (tertiary/aromatic N) is 2. The highest BCUT2D eigenvalue weighted by atomic mass is 32.2. The van der Waals surface area contributed by atoms with E-state index in [1.807, 2.05) is 25.2 Å². The largest absolute Gasteiger partial charge is 0.481 e. The van der Waals surface area contributed by atoms with Crippen LogP contribution in [0.1, 0.15) is 100.0 Å². The SMILES string of the molecule is Cc1ccc2c(c1)N(CCCCS(=O)(=O)O)/C(=C/C=C/C=C/C1=[N+](CCCCS(=O)(=O)O)c3c(C)cc(C)cc3C1(C)C)C2(C)CCCCC(=O)O. The van der Waals surface area contributed by atoms with E-state index in [1.165, 1.54) is 11.1 Å². The van der Waals surface area contributed by atoms with Gasteiger partial charge in [0.15, 0.2) is 5.71 Å². The van der Waals surface area contributed by atoms with Gasteiger partial charge in [0.1, 0.15) is 6.54 Å². The molecule has 0 bridgehead atoms. The van der Waals surface area contributed by atoms with E-state index < -0.39 is 31.6 Å². The number of benzene rings is 2. The molecule has 0 saturated heterocycles. The number of allylic oxidation sites excluding steroid dienone is 6. The maximum absolute atomic E-state index is 11.4. The number of hydrogen-bond acceptors (Lipinski definition) is 6. The number of anilines is 1. The summed E-state index contributed by atoms with van der Waals surface area (Å²) in [5, 5.41) is 9.25. The molecule has 0 saturated carbocycles. The molecule has 0 aliphatic carbocycles. The lowest BCUT2D eigenvalue weighted by atomic mass is 9.77. The van der Waals surface area contributed by atoms with Gasteiger partial charge in [0.2, 0.25) is 5.69 Å². The second-order valence-corrected chi connectivity index (χ2v) is 18.2. The Kier molecular flexibility index (Phi) is 13.2. The lowest BCUT2D eigenvalue weighted by molar-refractivity contribution is -0.438. The van der Waals surface area contributed by atoms with Gasteiger partial charge in [0, 0.05) is 53.4 Å². The van der Waals surface area contributed by atoms with Gasteiger partial charge in [-0.05, 0) is 109 Å². The van der Waals surface area contributed by atoms with Crippen molar-refractivity contribution >= 4 is 43.3 Å². The van der Waals surface area contributed by atoms with Crippen LogP contribution in [0.4, 0.5) is 11.4 Å². The molecule has 2 aliphatic rings. The zero-order valence-corrected chi connectivity index (χ0v) is 33.0. The van der Waals surface area contributed by atoms with Crippen molar-refractivity contribution < 1.29 is 40.4 Å². The van der Waals surface area contributed by atoms with Gasteiger partial charge in [0.25, 0.3) is 20.2 Å². The second kappa shape index (κ2) is 16.6. The maximum atomic E-state index is 11.4. The van der Waals surface area contributed by atoms with Crippen molar-refractivity contribution in [2.45, 2.75) is 104 Å². The van der Waals surface area contributed by atoms with E-state index in [-0.39, 0.29) is 23.3 Å². The molecule has 0 radical (unpaired) electrons. The molecule has 52 heavy (non-hydrogen) atoms. The summed E-state index contributed by atoms with van der Waals surface area (Å²) >= 11 is 0. The summed E-state index contributed by atoms with van der Waals surface area (Å²) in [5.74, 6) is -1.38. The molecule has 284 valence electrons. The standard InChI is InChI=1S/C40H54N2O8S2/c1-29-19-20-32-34(28-29)41(22-12-14-24-51(45,46)47)36(40(32,6)21-11-10-18-37(43)44)17-9-7-8-16-35-39(4,5)33-27-30(2)26-31(3)38(33)42(35)23-13-15-25-52(48,49)50/h7-9,16-17,19-20,26-28H,10-15,18,21-25H2,1-6H3,(H2-,43,44,45,46,47,48,49,50)/p+1. The number of carbonyl (C=O) groups is 1. The van der Waals surface area contributed by atoms with Gasteiger partial charge in [-0.3, -0.25) is 13.9 Å².